The molecule has 0 bridgehead atoms. The molecule has 1 heterocycles. The first-order chi connectivity index (χ1) is 14.0. The molecule has 5 unspecified atom stereocenters. The van der Waals surface area contributed by atoms with Gasteiger partial charge in [-0.1, -0.05) is 24.4 Å². The number of Topliss-reactive ketones (excluding diaryl/α,β-unsaturated/α-hetero) is 1. The summed E-state index contributed by atoms with van der Waals surface area (Å²) in [6, 6.07) is 7.00. The van der Waals surface area contributed by atoms with E-state index in [4.69, 9.17) is 11.6 Å². The highest BCUT2D eigenvalue weighted by Crippen LogP contribution is 2.44. The molecular weight excluding hydrogens is 388 g/mol. The van der Waals surface area contributed by atoms with Crippen LogP contribution >= 0.6 is 11.6 Å². The van der Waals surface area contributed by atoms with Gasteiger partial charge in [0.05, 0.1) is 0 Å². The van der Waals surface area contributed by atoms with Gasteiger partial charge in [0.15, 0.2) is 5.78 Å². The van der Waals surface area contributed by atoms with E-state index >= 15 is 0 Å². The maximum Gasteiger partial charge on any atom is 0.223 e. The average Bonchev–Trinajstić information content (AvgIpc) is 2.72. The van der Waals surface area contributed by atoms with Crippen molar-refractivity contribution in [3.05, 3.63) is 34.9 Å². The quantitative estimate of drug-likeness (QED) is 0.715. The molecule has 0 aromatic heterocycles. The Morgan fingerprint density at radius 3 is 2.55 bits per heavy atom. The molecule has 1 aromatic rings. The summed E-state index contributed by atoms with van der Waals surface area (Å²) in [5, 5.41) is 6.92. The molecule has 1 saturated heterocycles. The lowest BCUT2D eigenvalue weighted by Gasteiger charge is -2.49. The van der Waals surface area contributed by atoms with Crippen LogP contribution < -0.4 is 10.6 Å². The van der Waals surface area contributed by atoms with Crippen molar-refractivity contribution in [2.75, 3.05) is 0 Å². The van der Waals surface area contributed by atoms with E-state index in [0.717, 1.165) is 25.7 Å². The maximum absolute atomic E-state index is 12.5. The molecule has 1 aromatic carbocycles. The first-order valence-corrected chi connectivity index (χ1v) is 11.3. The molecule has 1 aliphatic heterocycles. The van der Waals surface area contributed by atoms with Gasteiger partial charge in [-0.15, -0.1) is 0 Å². The fourth-order valence-corrected chi connectivity index (χ4v) is 5.72. The molecule has 0 radical (unpaired) electrons. The molecule has 2 aliphatic carbocycles. The Labute approximate surface area is 177 Å². The predicted molar refractivity (Wildman–Crippen MR) is 112 cm³/mol. The number of halogens is 1. The van der Waals surface area contributed by atoms with Gasteiger partial charge in [0, 0.05) is 41.4 Å². The van der Waals surface area contributed by atoms with Crippen molar-refractivity contribution in [1.29, 1.82) is 0 Å². The zero-order valence-electron chi connectivity index (χ0n) is 16.7. The summed E-state index contributed by atoms with van der Waals surface area (Å²) in [5.41, 5.74) is 0.578. The summed E-state index contributed by atoms with van der Waals surface area (Å²) in [6.45, 7) is 0. The number of ketones is 1. The standard InChI is InChI=1S/C23H29ClN2O3/c24-15-7-5-14(6-8-15)21(27)11-12-22(28)25-16-9-10-18-17-3-1-2-4-19(17)23(29)26-20(18)13-16/h5-8,16-20H,1-4,9-13H2,(H,25,28)(H,26,29). The molecule has 2 N–H and O–H groups in total. The third kappa shape index (κ3) is 4.66. The van der Waals surface area contributed by atoms with Crippen LogP contribution in [0.1, 0.15) is 68.1 Å². The summed E-state index contributed by atoms with van der Waals surface area (Å²) >= 11 is 5.85. The van der Waals surface area contributed by atoms with E-state index in [1.807, 2.05) is 0 Å². The smallest absolute Gasteiger partial charge is 0.223 e. The molecule has 6 heteroatoms. The van der Waals surface area contributed by atoms with E-state index in [-0.39, 0.29) is 48.4 Å². The minimum atomic E-state index is -0.0894. The van der Waals surface area contributed by atoms with Crippen molar-refractivity contribution >= 4 is 29.2 Å². The summed E-state index contributed by atoms with van der Waals surface area (Å²) in [5.74, 6) is 1.36. The van der Waals surface area contributed by atoms with Gasteiger partial charge < -0.3 is 10.6 Å². The van der Waals surface area contributed by atoms with Crippen molar-refractivity contribution < 1.29 is 14.4 Å². The number of benzene rings is 1. The predicted octanol–water partition coefficient (Wildman–Crippen LogP) is 3.89. The third-order valence-electron chi connectivity index (χ3n) is 7.05. The Morgan fingerprint density at radius 2 is 1.76 bits per heavy atom. The number of nitrogens with one attached hydrogen (secondary N) is 2. The fourth-order valence-electron chi connectivity index (χ4n) is 5.60. The Morgan fingerprint density at radius 1 is 1.00 bits per heavy atom. The number of hydrogen-bond donors (Lipinski definition) is 2. The van der Waals surface area contributed by atoms with E-state index in [2.05, 4.69) is 10.6 Å². The van der Waals surface area contributed by atoms with Crippen molar-refractivity contribution in [2.45, 2.75) is 69.9 Å². The Kier molecular flexibility index (Phi) is 6.23. The highest BCUT2D eigenvalue weighted by Gasteiger charge is 2.46. The van der Waals surface area contributed by atoms with Crippen LogP contribution in [0.5, 0.6) is 0 Å². The number of carbonyl (C=O) groups excluding carboxylic acids is 3. The van der Waals surface area contributed by atoms with Crippen LogP contribution in [0.3, 0.4) is 0 Å². The van der Waals surface area contributed by atoms with E-state index < -0.39 is 0 Å². The molecule has 2 saturated carbocycles. The van der Waals surface area contributed by atoms with Crippen LogP contribution in [-0.4, -0.2) is 29.7 Å². The molecule has 5 nitrogen and oxygen atoms in total. The largest absolute Gasteiger partial charge is 0.353 e. The van der Waals surface area contributed by atoms with E-state index in [0.29, 0.717) is 22.4 Å². The molecule has 4 rings (SSSR count). The third-order valence-corrected chi connectivity index (χ3v) is 7.30. The summed E-state index contributed by atoms with van der Waals surface area (Å²) in [4.78, 5) is 37.1. The molecule has 3 fully saturated rings. The average molecular weight is 417 g/mol. The van der Waals surface area contributed by atoms with E-state index in [1.165, 1.54) is 19.3 Å². The second-order valence-electron chi connectivity index (χ2n) is 8.84. The van der Waals surface area contributed by atoms with Crippen molar-refractivity contribution in [3.63, 3.8) is 0 Å². The topological polar surface area (TPSA) is 75.3 Å². The number of piperidine rings is 1. The Hall–Kier alpha value is -1.88. The van der Waals surface area contributed by atoms with E-state index in [1.54, 1.807) is 24.3 Å². The lowest BCUT2D eigenvalue weighted by atomic mass is 9.63. The van der Waals surface area contributed by atoms with Gasteiger partial charge >= 0.3 is 0 Å². The zero-order chi connectivity index (χ0) is 20.4. The van der Waals surface area contributed by atoms with Crippen molar-refractivity contribution in [2.24, 2.45) is 17.8 Å². The maximum atomic E-state index is 12.5. The highest BCUT2D eigenvalue weighted by molar-refractivity contribution is 6.30. The SMILES string of the molecule is O=C(CCC(=O)c1ccc(Cl)cc1)NC1CCC2C(C1)NC(=O)C1CCCCC12. The number of rotatable bonds is 5. The monoisotopic (exact) mass is 416 g/mol. The Balaban J connectivity index is 1.26. The Bertz CT molecular complexity index is 779. The molecule has 3 aliphatic rings. The molecule has 0 spiro atoms. The first-order valence-electron chi connectivity index (χ1n) is 10.9. The van der Waals surface area contributed by atoms with Crippen LogP contribution in [-0.2, 0) is 9.59 Å². The number of amides is 2. The normalized spacial score (nSPS) is 31.2. The summed E-state index contributed by atoms with van der Waals surface area (Å²) in [7, 11) is 0. The summed E-state index contributed by atoms with van der Waals surface area (Å²) < 4.78 is 0. The molecular formula is C23H29ClN2O3. The fraction of sp³-hybridized carbons (Fsp3) is 0.609. The van der Waals surface area contributed by atoms with Gasteiger partial charge in [-0.25, -0.2) is 0 Å². The number of fused-ring (bicyclic) bond motifs is 3. The summed E-state index contributed by atoms with van der Waals surface area (Å²) in [6.07, 6.45) is 7.79. The highest BCUT2D eigenvalue weighted by atomic mass is 35.5. The van der Waals surface area contributed by atoms with Crippen LogP contribution in [0.15, 0.2) is 24.3 Å². The first kappa shape index (κ1) is 20.4. The molecule has 5 atom stereocenters. The molecule has 29 heavy (non-hydrogen) atoms. The van der Waals surface area contributed by atoms with Crippen molar-refractivity contribution in [3.8, 4) is 0 Å². The van der Waals surface area contributed by atoms with Gasteiger partial charge in [-0.3, -0.25) is 14.4 Å². The lowest BCUT2D eigenvalue weighted by Crippen LogP contribution is -2.59. The lowest BCUT2D eigenvalue weighted by molar-refractivity contribution is -0.135. The van der Waals surface area contributed by atoms with Gasteiger partial charge in [-0.05, 0) is 68.2 Å². The van der Waals surface area contributed by atoms with Gasteiger partial charge in [0.25, 0.3) is 0 Å². The van der Waals surface area contributed by atoms with Crippen molar-refractivity contribution in [1.82, 2.24) is 10.6 Å². The van der Waals surface area contributed by atoms with Crippen LogP contribution in [0.4, 0.5) is 0 Å². The minimum absolute atomic E-state index is 0.0524. The number of hydrogen-bond acceptors (Lipinski definition) is 3. The second kappa shape index (κ2) is 8.86. The zero-order valence-corrected chi connectivity index (χ0v) is 17.4. The number of carbonyl (C=O) groups is 3. The van der Waals surface area contributed by atoms with Crippen LogP contribution in [0.25, 0.3) is 0 Å². The van der Waals surface area contributed by atoms with E-state index in [9.17, 15) is 14.4 Å². The van der Waals surface area contributed by atoms with Gasteiger partial charge in [0.1, 0.15) is 0 Å². The van der Waals surface area contributed by atoms with Gasteiger partial charge in [-0.2, -0.15) is 0 Å². The van der Waals surface area contributed by atoms with Crippen LogP contribution in [0.2, 0.25) is 5.02 Å². The van der Waals surface area contributed by atoms with Crippen LogP contribution in [0, 0.1) is 17.8 Å². The van der Waals surface area contributed by atoms with Gasteiger partial charge in [0.2, 0.25) is 11.8 Å². The molecule has 2 amide bonds. The molecule has 156 valence electrons. The second-order valence-corrected chi connectivity index (χ2v) is 9.28. The minimum Gasteiger partial charge on any atom is -0.353 e.